The molecule has 0 spiro atoms. The van der Waals surface area contributed by atoms with E-state index in [0.29, 0.717) is 0 Å². The average molecular weight is 336 g/mol. The maximum Gasteiger partial charge on any atom is 0.398 e. The zero-order valence-electron chi connectivity index (χ0n) is 13.5. The van der Waals surface area contributed by atoms with Crippen molar-refractivity contribution in [2.45, 2.75) is 77.7 Å². The highest BCUT2D eigenvalue weighted by Crippen LogP contribution is 2.09. The molecule has 0 aromatic heterocycles. The molecule has 0 saturated heterocycles. The molecule has 1 atom stereocenters. The van der Waals surface area contributed by atoms with E-state index in [-0.39, 0.29) is 0 Å². The number of rotatable bonds is 13. The molecular formula is C15H28O6S. The molecule has 0 aliphatic rings. The van der Waals surface area contributed by atoms with Gasteiger partial charge in [0.1, 0.15) is 0 Å². The highest BCUT2D eigenvalue weighted by molar-refractivity contribution is 7.80. The van der Waals surface area contributed by atoms with Crippen LogP contribution in [0.4, 0.5) is 0 Å². The molecule has 1 unspecified atom stereocenters. The highest BCUT2D eigenvalue weighted by atomic mass is 32.3. The lowest BCUT2D eigenvalue weighted by Gasteiger charge is -2.06. The van der Waals surface area contributed by atoms with Crippen LogP contribution in [0, 0.1) is 0 Å². The number of carbonyl (C=O) groups is 1. The second kappa shape index (κ2) is 12.6. The minimum atomic E-state index is -4.65. The van der Waals surface area contributed by atoms with Gasteiger partial charge in [0.05, 0.1) is 6.26 Å². The smallest absolute Gasteiger partial charge is 0.398 e. The van der Waals surface area contributed by atoms with Crippen LogP contribution in [0.15, 0.2) is 12.3 Å². The first-order valence-electron chi connectivity index (χ1n) is 7.88. The van der Waals surface area contributed by atoms with E-state index in [1.807, 2.05) is 0 Å². The molecular weight excluding hydrogens is 308 g/mol. The number of allylic oxidation sites excluding steroid dienone is 1. The van der Waals surface area contributed by atoms with Crippen LogP contribution in [-0.2, 0) is 24.1 Å². The van der Waals surface area contributed by atoms with Crippen LogP contribution >= 0.6 is 0 Å². The SMILES string of the molecule is CCCCCCCCCCC=COC(=O)C(C)OS(=O)(=O)O. The van der Waals surface area contributed by atoms with Crippen molar-refractivity contribution < 1.29 is 26.7 Å². The maximum absolute atomic E-state index is 11.3. The summed E-state index contributed by atoms with van der Waals surface area (Å²) in [7, 11) is -4.65. The van der Waals surface area contributed by atoms with Crippen LogP contribution in [0.1, 0.15) is 71.6 Å². The fourth-order valence-corrected chi connectivity index (χ4v) is 2.34. The van der Waals surface area contributed by atoms with Crippen molar-refractivity contribution in [2.24, 2.45) is 0 Å². The Morgan fingerprint density at radius 2 is 1.64 bits per heavy atom. The molecule has 0 rings (SSSR count). The van der Waals surface area contributed by atoms with Gasteiger partial charge in [-0.2, -0.15) is 8.42 Å². The number of hydrogen-bond acceptors (Lipinski definition) is 5. The molecule has 0 amide bonds. The third-order valence-corrected chi connectivity index (χ3v) is 3.63. The van der Waals surface area contributed by atoms with E-state index in [4.69, 9.17) is 9.29 Å². The van der Waals surface area contributed by atoms with Gasteiger partial charge in [0, 0.05) is 0 Å². The summed E-state index contributed by atoms with van der Waals surface area (Å²) in [6.45, 7) is 3.39. The molecule has 0 radical (unpaired) electrons. The normalized spacial score (nSPS) is 13.4. The molecule has 1 N–H and O–H groups in total. The van der Waals surface area contributed by atoms with Gasteiger partial charge in [0.2, 0.25) is 0 Å². The van der Waals surface area contributed by atoms with E-state index in [9.17, 15) is 13.2 Å². The molecule has 22 heavy (non-hydrogen) atoms. The van der Waals surface area contributed by atoms with Crippen LogP contribution in [-0.4, -0.2) is 25.0 Å². The lowest BCUT2D eigenvalue weighted by Crippen LogP contribution is -2.24. The summed E-state index contributed by atoms with van der Waals surface area (Å²) in [5.41, 5.74) is 0. The van der Waals surface area contributed by atoms with Crippen molar-refractivity contribution in [3.63, 3.8) is 0 Å². The standard InChI is InChI=1S/C15H28O6S/c1-3-4-5-6-7-8-9-10-11-12-13-20-15(16)14(2)21-22(17,18)19/h12-14H,3-11H2,1-2H3,(H,17,18,19). The fourth-order valence-electron chi connectivity index (χ4n) is 1.90. The van der Waals surface area contributed by atoms with Crippen LogP contribution in [0.2, 0.25) is 0 Å². The Hall–Kier alpha value is -0.920. The van der Waals surface area contributed by atoms with Crippen LogP contribution in [0.25, 0.3) is 0 Å². The lowest BCUT2D eigenvalue weighted by molar-refractivity contribution is -0.145. The Labute approximate surface area is 133 Å². The molecule has 0 aromatic carbocycles. The molecule has 0 aliphatic carbocycles. The second-order valence-corrected chi connectivity index (χ2v) is 6.29. The van der Waals surface area contributed by atoms with E-state index in [1.54, 1.807) is 6.08 Å². The predicted molar refractivity (Wildman–Crippen MR) is 84.6 cm³/mol. The van der Waals surface area contributed by atoms with Crippen molar-refractivity contribution in [2.75, 3.05) is 0 Å². The Bertz CT molecular complexity index is 416. The van der Waals surface area contributed by atoms with Crippen molar-refractivity contribution in [1.82, 2.24) is 0 Å². The second-order valence-electron chi connectivity index (χ2n) is 5.24. The fraction of sp³-hybridized carbons (Fsp3) is 0.800. The summed E-state index contributed by atoms with van der Waals surface area (Å²) in [6.07, 6.45) is 12.2. The number of esters is 1. The molecule has 0 aliphatic heterocycles. The number of unbranched alkanes of at least 4 members (excludes halogenated alkanes) is 8. The highest BCUT2D eigenvalue weighted by Gasteiger charge is 2.20. The van der Waals surface area contributed by atoms with E-state index in [1.165, 1.54) is 51.7 Å². The Kier molecular flexibility index (Phi) is 12.1. The first-order chi connectivity index (χ1) is 10.4. The first-order valence-corrected chi connectivity index (χ1v) is 9.24. The zero-order chi connectivity index (χ0) is 16.8. The molecule has 0 saturated carbocycles. The van der Waals surface area contributed by atoms with Crippen LogP contribution in [0.3, 0.4) is 0 Å². The average Bonchev–Trinajstić information content (AvgIpc) is 2.42. The van der Waals surface area contributed by atoms with Crippen LogP contribution in [0.5, 0.6) is 0 Å². The van der Waals surface area contributed by atoms with E-state index < -0.39 is 22.5 Å². The van der Waals surface area contributed by atoms with Gasteiger partial charge in [0.25, 0.3) is 0 Å². The predicted octanol–water partition coefficient (Wildman–Crippen LogP) is 3.78. The third kappa shape index (κ3) is 14.0. The largest absolute Gasteiger partial charge is 0.433 e. The van der Waals surface area contributed by atoms with Gasteiger partial charge < -0.3 is 4.74 Å². The number of carbonyl (C=O) groups excluding carboxylic acids is 1. The summed E-state index contributed by atoms with van der Waals surface area (Å²) in [6, 6.07) is 0. The van der Waals surface area contributed by atoms with Gasteiger partial charge in [-0.15, -0.1) is 0 Å². The number of hydrogen-bond donors (Lipinski definition) is 1. The summed E-state index contributed by atoms with van der Waals surface area (Å²) >= 11 is 0. The summed E-state index contributed by atoms with van der Waals surface area (Å²) < 4.78 is 38.0. The molecule has 7 heteroatoms. The monoisotopic (exact) mass is 336 g/mol. The minimum Gasteiger partial charge on any atom is -0.433 e. The Morgan fingerprint density at radius 3 is 2.18 bits per heavy atom. The van der Waals surface area contributed by atoms with Gasteiger partial charge in [-0.3, -0.25) is 4.55 Å². The van der Waals surface area contributed by atoms with E-state index >= 15 is 0 Å². The quantitative estimate of drug-likeness (QED) is 0.238. The minimum absolute atomic E-state index is 0.801. The summed E-state index contributed by atoms with van der Waals surface area (Å²) in [5.74, 6) is -0.871. The molecule has 0 fully saturated rings. The summed E-state index contributed by atoms with van der Waals surface area (Å²) in [4.78, 5) is 11.3. The number of ether oxygens (including phenoxy) is 1. The van der Waals surface area contributed by atoms with E-state index in [0.717, 1.165) is 19.3 Å². The van der Waals surface area contributed by atoms with Gasteiger partial charge in [-0.05, 0) is 25.8 Å². The molecule has 0 heterocycles. The molecule has 130 valence electrons. The van der Waals surface area contributed by atoms with Gasteiger partial charge in [0.15, 0.2) is 6.10 Å². The molecule has 6 nitrogen and oxygen atoms in total. The van der Waals surface area contributed by atoms with Gasteiger partial charge >= 0.3 is 16.4 Å². The zero-order valence-corrected chi connectivity index (χ0v) is 14.3. The lowest BCUT2D eigenvalue weighted by atomic mass is 10.1. The van der Waals surface area contributed by atoms with Gasteiger partial charge in [-0.1, -0.05) is 51.9 Å². The Balaban J connectivity index is 3.56. The van der Waals surface area contributed by atoms with Crippen molar-refractivity contribution in [3.05, 3.63) is 12.3 Å². The molecule has 0 bridgehead atoms. The summed E-state index contributed by atoms with van der Waals surface area (Å²) in [5, 5.41) is 0. The van der Waals surface area contributed by atoms with Crippen molar-refractivity contribution in [3.8, 4) is 0 Å². The van der Waals surface area contributed by atoms with Crippen molar-refractivity contribution >= 4 is 16.4 Å². The first kappa shape index (κ1) is 21.1. The topological polar surface area (TPSA) is 89.9 Å². The Morgan fingerprint density at radius 1 is 1.09 bits per heavy atom. The third-order valence-electron chi connectivity index (χ3n) is 3.10. The van der Waals surface area contributed by atoms with E-state index in [2.05, 4.69) is 11.1 Å². The van der Waals surface area contributed by atoms with Crippen molar-refractivity contribution in [1.29, 1.82) is 0 Å². The maximum atomic E-state index is 11.3. The van der Waals surface area contributed by atoms with Crippen LogP contribution < -0.4 is 0 Å². The molecule has 0 aromatic rings. The van der Waals surface area contributed by atoms with Gasteiger partial charge in [-0.25, -0.2) is 8.98 Å².